The minimum atomic E-state index is -2.05. The number of nitrogens with two attached hydrogens (primary N) is 2. The number of carbonyl (C=O) groups excluding carboxylic acids is 10. The fraction of sp³-hybridized carbons (Fsp3) is 0.391. The Balaban J connectivity index is 1.06. The number of thioether (sulfide) groups is 2. The number of H-pyrrole nitrogens is 3. The molecule has 8 atom stereocenters. The number of hydrogen-bond donors (Lipinski definition) is 15. The minimum Gasteiger partial charge on any atom is -0.508 e. The van der Waals surface area contributed by atoms with Crippen LogP contribution in [0.4, 0.5) is 8.78 Å². The van der Waals surface area contributed by atoms with E-state index in [2.05, 4.69) is 62.5 Å². The number of amides is 10. The molecule has 5 heterocycles. The average Bonchev–Trinajstić information content (AvgIpc) is 1.59. The highest BCUT2D eigenvalue weighted by Gasteiger charge is 2.49. The summed E-state index contributed by atoms with van der Waals surface area (Å²) in [5.41, 5.74) is 13.7. The predicted octanol–water partition coefficient (Wildman–Crippen LogP) is 2.83. The van der Waals surface area contributed by atoms with Crippen LogP contribution in [0.25, 0.3) is 21.8 Å². The van der Waals surface area contributed by atoms with Crippen LogP contribution >= 0.6 is 35.1 Å². The number of nitrogens with zero attached hydrogens (tertiary/aromatic N) is 2. The molecule has 0 unspecified atom stereocenters. The van der Waals surface area contributed by atoms with Crippen LogP contribution in [0.3, 0.4) is 0 Å². The maximum Gasteiger partial charge on any atom is 0.305 e. The number of fused-ring (bicyclic) bond motifs is 5. The second kappa shape index (κ2) is 35.5. The number of hydrogen-bond acceptors (Lipinski definition) is 16. The number of benzene rings is 4. The van der Waals surface area contributed by atoms with Gasteiger partial charge >= 0.3 is 5.97 Å². The fourth-order valence-corrected chi connectivity index (χ4v) is 14.4. The van der Waals surface area contributed by atoms with E-state index in [1.165, 1.54) is 115 Å². The molecule has 2 aliphatic rings. The smallest absolute Gasteiger partial charge is 0.305 e. The lowest BCUT2D eigenvalue weighted by atomic mass is 9.95. The van der Waals surface area contributed by atoms with Gasteiger partial charge in [0.05, 0.1) is 19.3 Å². The van der Waals surface area contributed by atoms with Gasteiger partial charge in [0, 0.05) is 113 Å². The van der Waals surface area contributed by atoms with Crippen molar-refractivity contribution < 1.29 is 71.7 Å². The normalized spacial score (nSPS) is 22.6. The van der Waals surface area contributed by atoms with E-state index in [-0.39, 0.29) is 79.8 Å². The first-order valence-electron chi connectivity index (χ1n) is 32.9. The van der Waals surface area contributed by atoms with Gasteiger partial charge in [0.25, 0.3) is 0 Å². The lowest BCUT2D eigenvalue weighted by Gasteiger charge is -2.37. The second-order valence-electron chi connectivity index (χ2n) is 25.2. The molecule has 10 amide bonds. The maximum absolute atomic E-state index is 15.2. The Kier molecular flexibility index (Phi) is 26.5. The second-order valence-corrected chi connectivity index (χ2v) is 27.8. The van der Waals surface area contributed by atoms with E-state index in [1.807, 2.05) is 6.07 Å². The molecule has 0 aliphatic carbocycles. The number of rotatable bonds is 15. The number of halogens is 3. The lowest BCUT2D eigenvalue weighted by molar-refractivity contribution is -0.147. The monoisotopic (exact) mass is 1460 g/mol. The van der Waals surface area contributed by atoms with Gasteiger partial charge < -0.3 is 84.1 Å². The number of primary amides is 1. The van der Waals surface area contributed by atoms with Gasteiger partial charge in [-0.15, -0.1) is 0 Å². The fourth-order valence-electron chi connectivity index (χ4n) is 12.2. The summed E-state index contributed by atoms with van der Waals surface area (Å²) >= 11 is 9.28. The van der Waals surface area contributed by atoms with Crippen molar-refractivity contribution in [2.24, 2.45) is 11.5 Å². The van der Waals surface area contributed by atoms with Crippen molar-refractivity contribution in [1.82, 2.24) is 67.4 Å². The number of unbranched alkanes of at least 4 members (excludes halogenated alkanes) is 1. The zero-order chi connectivity index (χ0) is 73.2. The van der Waals surface area contributed by atoms with E-state index in [9.17, 15) is 52.6 Å². The predicted molar refractivity (Wildman–Crippen MR) is 377 cm³/mol. The molecular weight excluding hydrogens is 1380 g/mol. The van der Waals surface area contributed by atoms with Gasteiger partial charge in [0.15, 0.2) is 0 Å². The number of carboxylic acids is 1. The molecule has 28 nitrogen and oxygen atoms in total. The molecule has 542 valence electrons. The lowest BCUT2D eigenvalue weighted by Crippen LogP contribution is -2.63. The third-order valence-electron chi connectivity index (χ3n) is 17.6. The number of carboxylic acid groups (broad SMARTS) is 1. The Bertz CT molecular complexity index is 4220. The molecule has 0 radical (unpaired) electrons. The maximum atomic E-state index is 15.2. The summed E-state index contributed by atoms with van der Waals surface area (Å²) in [4.78, 5) is 171. The van der Waals surface area contributed by atoms with Crippen molar-refractivity contribution in [1.29, 1.82) is 0 Å². The Morgan fingerprint density at radius 2 is 1.25 bits per heavy atom. The first kappa shape index (κ1) is 76.1. The summed E-state index contributed by atoms with van der Waals surface area (Å²) < 4.78 is 29.8. The number of carbonyl (C=O) groups is 11. The van der Waals surface area contributed by atoms with E-state index >= 15 is 19.2 Å². The van der Waals surface area contributed by atoms with Gasteiger partial charge in [0.2, 0.25) is 59.1 Å². The molecule has 7 aromatic rings. The van der Waals surface area contributed by atoms with Gasteiger partial charge in [-0.25, -0.2) is 13.8 Å². The third kappa shape index (κ3) is 20.8. The zero-order valence-corrected chi connectivity index (χ0v) is 57.9. The number of aromatic amines is 3. The summed E-state index contributed by atoms with van der Waals surface area (Å²) in [5, 5.41) is 42.5. The Labute approximate surface area is 597 Å². The molecule has 9 rings (SSSR count). The quantitative estimate of drug-likeness (QED) is 0.0656. The molecule has 102 heavy (non-hydrogen) atoms. The molecule has 33 heteroatoms. The van der Waals surface area contributed by atoms with E-state index in [4.69, 9.17) is 23.1 Å². The first-order valence-corrected chi connectivity index (χ1v) is 35.6. The number of aliphatic carboxylic acids is 1. The van der Waals surface area contributed by atoms with Crippen molar-refractivity contribution in [3.63, 3.8) is 0 Å². The molecular formula is C69H80ClF2N15O13S2. The van der Waals surface area contributed by atoms with Crippen LogP contribution in [0.2, 0.25) is 5.02 Å². The summed E-state index contributed by atoms with van der Waals surface area (Å²) in [7, 11) is 0. The van der Waals surface area contributed by atoms with E-state index in [1.54, 1.807) is 12.1 Å². The SMILES string of the molecule is C[C@@]12CCCN1C(=O)[C@H](Cc1ccc(O)cc1)NC(=O)[C@H](Cc1cnc[nH]1)NC(=O)[C@H](CC(=O)O)NC(=O)[C@H](Cc1c[nH]c3ccc(F)cc13)NC(=O)[C@H](Cc1c[nH]c3ccc(F)cc13)NC(=O)CNC(=O)[C@H](CCCCN)NC(=O)CCSCc1cc(Cl)cc(c1)CSC[C@@H](C(N)=O)NC2=O. The molecule has 1 saturated heterocycles. The molecule has 2 aliphatic heterocycles. The molecule has 3 aromatic heterocycles. The summed E-state index contributed by atoms with van der Waals surface area (Å²) in [5.74, 6) is -11.1. The van der Waals surface area contributed by atoms with Crippen molar-refractivity contribution in [3.8, 4) is 5.75 Å². The molecule has 17 N–H and O–H groups in total. The minimum absolute atomic E-state index is 0.00196. The molecule has 0 saturated carbocycles. The highest BCUT2D eigenvalue weighted by Crippen LogP contribution is 2.32. The van der Waals surface area contributed by atoms with Crippen LogP contribution in [0.15, 0.2) is 104 Å². The first-order chi connectivity index (χ1) is 48.8. The van der Waals surface area contributed by atoms with Gasteiger partial charge in [-0.3, -0.25) is 52.7 Å². The highest BCUT2D eigenvalue weighted by atomic mass is 35.5. The van der Waals surface area contributed by atoms with Crippen LogP contribution in [-0.2, 0) is 89.9 Å². The van der Waals surface area contributed by atoms with Gasteiger partial charge in [-0.2, -0.15) is 23.5 Å². The number of phenols is 1. The van der Waals surface area contributed by atoms with Gasteiger partial charge in [-0.05, 0) is 134 Å². The Morgan fingerprint density at radius 3 is 1.84 bits per heavy atom. The summed E-state index contributed by atoms with van der Waals surface area (Å²) in [6, 6.07) is 7.60. The van der Waals surface area contributed by atoms with Gasteiger partial charge in [-0.1, -0.05) is 29.8 Å². The van der Waals surface area contributed by atoms with E-state index in [0.29, 0.717) is 69.1 Å². The Morgan fingerprint density at radius 1 is 0.667 bits per heavy atom. The molecule has 2 bridgehead atoms. The van der Waals surface area contributed by atoms with Crippen LogP contribution in [0, 0.1) is 11.6 Å². The topological polar surface area (TPSA) is 440 Å². The zero-order valence-electron chi connectivity index (χ0n) is 55.5. The molecule has 1 fully saturated rings. The number of phenolic OH excluding ortho intramolecular Hbond substituents is 1. The van der Waals surface area contributed by atoms with Crippen LogP contribution in [0.1, 0.15) is 85.4 Å². The van der Waals surface area contributed by atoms with E-state index < -0.39 is 144 Å². The molecule has 0 spiro atoms. The number of aromatic hydroxyl groups is 1. The third-order valence-corrected chi connectivity index (χ3v) is 19.9. The van der Waals surface area contributed by atoms with Crippen molar-refractivity contribution in [3.05, 3.63) is 154 Å². The molecule has 4 aromatic carbocycles. The Hall–Kier alpha value is -10.1. The van der Waals surface area contributed by atoms with Crippen LogP contribution in [-0.4, -0.2) is 179 Å². The van der Waals surface area contributed by atoms with Crippen LogP contribution in [0.5, 0.6) is 5.75 Å². The van der Waals surface area contributed by atoms with Crippen LogP contribution < -0.4 is 54.0 Å². The average molecular weight is 1470 g/mol. The van der Waals surface area contributed by atoms with Crippen molar-refractivity contribution >= 4 is 122 Å². The standard InChI is InChI=1S/C69H80ClF2N15O13S2/c1-69-15-4-17-87(69)67(99)56(22-37-6-10-46(88)11-7-37)85-65(97)54(27-45-31-75-36-79-45)83-66(98)55(28-60(91)92)84-64(96)53(24-41-30-77-50-13-9-44(72)26-48(41)50)82-63(95)52(23-40-29-76-49-12-8-43(71)25-47(40)49)81-59(90)32-78-62(94)51(5-2-3-16-73)80-58(89)14-18-101-33-38-19-39(21-42(70)20-38)34-102-35-57(61(74)93)86-68(69)100/h6-13,19-21,25-26,29-31,36,51-57,76-77,88H,2-5,14-18,22-24,27-28,32-35,73H2,1H3,(H2,74,93)(H,75,79)(H,78,94)(H,80,89)(H,81,90)(H,82,95)(H,83,98)(H,84,96)(H,85,97)(H,86,100)(H,91,92)/t51-,52-,53-,54-,55-,56-,57-,69-/m0/s1. The number of aromatic nitrogens is 4. The van der Waals surface area contributed by atoms with Gasteiger partial charge in [0.1, 0.15) is 65.2 Å². The largest absolute Gasteiger partial charge is 0.508 e. The number of nitrogens with one attached hydrogen (secondary N) is 11. The summed E-state index contributed by atoms with van der Waals surface area (Å²) in [6.07, 6.45) is 4.28. The van der Waals surface area contributed by atoms with E-state index in [0.717, 1.165) is 17.2 Å². The van der Waals surface area contributed by atoms with Crippen molar-refractivity contribution in [2.45, 2.75) is 137 Å². The number of imidazole rings is 1. The highest BCUT2D eigenvalue weighted by molar-refractivity contribution is 7.98. The van der Waals surface area contributed by atoms with Crippen molar-refractivity contribution in [2.75, 3.05) is 31.1 Å². The summed E-state index contributed by atoms with van der Waals surface area (Å²) in [6.45, 7) is 1.04.